The summed E-state index contributed by atoms with van der Waals surface area (Å²) in [7, 11) is 0. The molecule has 1 aliphatic carbocycles. The van der Waals surface area contributed by atoms with Gasteiger partial charge in [0.15, 0.2) is 0 Å². The minimum absolute atomic E-state index is 0.812. The van der Waals surface area contributed by atoms with Gasteiger partial charge in [-0.1, -0.05) is 54.6 Å². The zero-order valence-electron chi connectivity index (χ0n) is 13.1. The molecule has 1 atom stereocenters. The third-order valence-corrected chi connectivity index (χ3v) is 4.97. The quantitative estimate of drug-likeness (QED) is 0.554. The van der Waals surface area contributed by atoms with Gasteiger partial charge in [-0.2, -0.15) is 0 Å². The first-order valence-electron chi connectivity index (χ1n) is 8.16. The Hall–Kier alpha value is -2.84. The van der Waals surface area contributed by atoms with E-state index < -0.39 is 6.29 Å². The number of ether oxygens (including phenoxy) is 1. The van der Waals surface area contributed by atoms with Gasteiger partial charge in [-0.25, -0.2) is 0 Å². The number of allylic oxidation sites excluding steroid dienone is 2. The van der Waals surface area contributed by atoms with Crippen LogP contribution in [0.3, 0.4) is 0 Å². The Morgan fingerprint density at radius 2 is 1.75 bits per heavy atom. The van der Waals surface area contributed by atoms with E-state index in [2.05, 4.69) is 48.5 Å². The molecule has 1 N–H and O–H groups in total. The molecule has 0 bridgehead atoms. The van der Waals surface area contributed by atoms with E-state index in [0.717, 1.165) is 17.6 Å². The second-order valence-electron chi connectivity index (χ2n) is 6.27. The van der Waals surface area contributed by atoms with Crippen molar-refractivity contribution >= 4 is 16.3 Å². The van der Waals surface area contributed by atoms with Crippen LogP contribution in [0.4, 0.5) is 0 Å². The van der Waals surface area contributed by atoms with Crippen molar-refractivity contribution < 1.29 is 9.84 Å². The summed E-state index contributed by atoms with van der Waals surface area (Å²) in [6.45, 7) is 0. The molecule has 2 aliphatic rings. The molecule has 3 aromatic carbocycles. The van der Waals surface area contributed by atoms with Crippen molar-refractivity contribution in [1.82, 2.24) is 0 Å². The van der Waals surface area contributed by atoms with Crippen LogP contribution in [0.1, 0.15) is 16.7 Å². The normalized spacial score (nSPS) is 18.0. The zero-order chi connectivity index (χ0) is 16.1. The first-order valence-corrected chi connectivity index (χ1v) is 8.16. The average molecular weight is 312 g/mol. The highest BCUT2D eigenvalue weighted by Gasteiger charge is 2.24. The standard InChI is InChI=1S/C22H16O2/c23-22-19(9-4-12-24-22)18-8-3-6-14-10-11-17-16-7-2-1-5-15(16)13-20(17)21(14)18/h1-12,22-23H,13H2. The topological polar surface area (TPSA) is 29.5 Å². The number of aliphatic hydroxyl groups is 1. The lowest BCUT2D eigenvalue weighted by atomic mass is 9.91. The SMILES string of the molecule is OC1OC=CC=C1c1cccc2ccc3c(c12)Cc1ccccc1-3. The van der Waals surface area contributed by atoms with Crippen molar-refractivity contribution in [2.45, 2.75) is 12.7 Å². The molecule has 0 aromatic heterocycles. The fourth-order valence-electron chi connectivity index (χ4n) is 3.90. The molecule has 1 heterocycles. The van der Waals surface area contributed by atoms with Crippen LogP contribution in [0.2, 0.25) is 0 Å². The number of fused-ring (bicyclic) bond motifs is 5. The minimum Gasteiger partial charge on any atom is -0.468 e. The van der Waals surface area contributed by atoms with Gasteiger partial charge in [0.2, 0.25) is 6.29 Å². The van der Waals surface area contributed by atoms with E-state index in [1.165, 1.54) is 39.3 Å². The van der Waals surface area contributed by atoms with Gasteiger partial charge >= 0.3 is 0 Å². The first kappa shape index (κ1) is 13.6. The van der Waals surface area contributed by atoms with E-state index in [0.29, 0.717) is 0 Å². The van der Waals surface area contributed by atoms with Crippen molar-refractivity contribution in [3.05, 3.63) is 89.7 Å². The molecule has 0 radical (unpaired) electrons. The summed E-state index contributed by atoms with van der Waals surface area (Å²) >= 11 is 0. The van der Waals surface area contributed by atoms with E-state index in [1.54, 1.807) is 0 Å². The van der Waals surface area contributed by atoms with Gasteiger partial charge in [-0.15, -0.1) is 0 Å². The summed E-state index contributed by atoms with van der Waals surface area (Å²) in [5.74, 6) is 0. The number of aliphatic hydroxyl groups excluding tert-OH is 1. The van der Waals surface area contributed by atoms with E-state index >= 15 is 0 Å². The molecule has 0 spiro atoms. The van der Waals surface area contributed by atoms with E-state index in [4.69, 9.17) is 4.74 Å². The molecular weight excluding hydrogens is 296 g/mol. The number of rotatable bonds is 1. The molecule has 24 heavy (non-hydrogen) atoms. The molecule has 1 unspecified atom stereocenters. The summed E-state index contributed by atoms with van der Waals surface area (Å²) in [5.41, 5.74) is 7.18. The Kier molecular flexibility index (Phi) is 2.88. The fourth-order valence-corrected chi connectivity index (χ4v) is 3.90. The minimum atomic E-state index is -0.916. The lowest BCUT2D eigenvalue weighted by Crippen LogP contribution is -2.13. The Morgan fingerprint density at radius 3 is 2.67 bits per heavy atom. The van der Waals surface area contributed by atoms with Crippen molar-refractivity contribution in [2.75, 3.05) is 0 Å². The molecule has 5 rings (SSSR count). The maximum absolute atomic E-state index is 10.3. The van der Waals surface area contributed by atoms with Crippen molar-refractivity contribution in [3.8, 4) is 11.1 Å². The molecule has 116 valence electrons. The maximum atomic E-state index is 10.3. The van der Waals surface area contributed by atoms with Gasteiger partial charge in [0, 0.05) is 5.57 Å². The molecule has 0 saturated carbocycles. The van der Waals surface area contributed by atoms with Crippen LogP contribution in [0.15, 0.2) is 73.0 Å². The van der Waals surface area contributed by atoms with E-state index in [1.807, 2.05) is 18.2 Å². The predicted octanol–water partition coefficient (Wildman–Crippen LogP) is 4.66. The third kappa shape index (κ3) is 1.87. The Bertz CT molecular complexity index is 1030. The maximum Gasteiger partial charge on any atom is 0.223 e. The fraction of sp³-hybridized carbons (Fsp3) is 0.0909. The molecule has 0 amide bonds. The molecule has 0 saturated heterocycles. The van der Waals surface area contributed by atoms with Crippen LogP contribution in [-0.2, 0) is 11.2 Å². The van der Waals surface area contributed by atoms with Crippen molar-refractivity contribution in [1.29, 1.82) is 0 Å². The van der Waals surface area contributed by atoms with Crippen LogP contribution >= 0.6 is 0 Å². The van der Waals surface area contributed by atoms with Gasteiger partial charge in [-0.3, -0.25) is 0 Å². The largest absolute Gasteiger partial charge is 0.468 e. The summed E-state index contributed by atoms with van der Waals surface area (Å²) in [4.78, 5) is 0. The molecule has 1 aliphatic heterocycles. The van der Waals surface area contributed by atoms with Crippen LogP contribution in [-0.4, -0.2) is 11.4 Å². The van der Waals surface area contributed by atoms with Crippen molar-refractivity contribution in [2.24, 2.45) is 0 Å². The van der Waals surface area contributed by atoms with Gasteiger partial charge in [0.1, 0.15) is 0 Å². The lowest BCUT2D eigenvalue weighted by molar-refractivity contribution is -0.00441. The summed E-state index contributed by atoms with van der Waals surface area (Å²) < 4.78 is 5.28. The summed E-state index contributed by atoms with van der Waals surface area (Å²) in [5, 5.41) is 12.7. The molecule has 3 aromatic rings. The van der Waals surface area contributed by atoms with Gasteiger partial charge in [-0.05, 0) is 57.2 Å². The number of hydrogen-bond acceptors (Lipinski definition) is 2. The Morgan fingerprint density at radius 1 is 0.875 bits per heavy atom. The average Bonchev–Trinajstić information content (AvgIpc) is 3.00. The van der Waals surface area contributed by atoms with Gasteiger partial charge in [0.05, 0.1) is 6.26 Å². The van der Waals surface area contributed by atoms with Crippen LogP contribution in [0.25, 0.3) is 27.5 Å². The highest BCUT2D eigenvalue weighted by atomic mass is 16.6. The Balaban J connectivity index is 1.82. The zero-order valence-corrected chi connectivity index (χ0v) is 13.1. The number of hydrogen-bond donors (Lipinski definition) is 1. The predicted molar refractivity (Wildman–Crippen MR) is 96.4 cm³/mol. The first-order chi connectivity index (χ1) is 11.8. The summed E-state index contributed by atoms with van der Waals surface area (Å²) in [6, 6.07) is 19.2. The van der Waals surface area contributed by atoms with Crippen LogP contribution in [0.5, 0.6) is 0 Å². The Labute approximate surface area is 140 Å². The number of benzene rings is 3. The molecular formula is C22H16O2. The van der Waals surface area contributed by atoms with Crippen LogP contribution in [0, 0.1) is 0 Å². The molecule has 2 heteroatoms. The highest BCUT2D eigenvalue weighted by molar-refractivity contribution is 6.02. The van der Waals surface area contributed by atoms with Crippen molar-refractivity contribution in [3.63, 3.8) is 0 Å². The second-order valence-corrected chi connectivity index (χ2v) is 6.27. The van der Waals surface area contributed by atoms with Crippen LogP contribution < -0.4 is 0 Å². The third-order valence-electron chi connectivity index (χ3n) is 4.97. The lowest BCUT2D eigenvalue weighted by Gasteiger charge is -2.20. The molecule has 2 nitrogen and oxygen atoms in total. The highest BCUT2D eigenvalue weighted by Crippen LogP contribution is 2.43. The van der Waals surface area contributed by atoms with E-state index in [-0.39, 0.29) is 0 Å². The monoisotopic (exact) mass is 312 g/mol. The van der Waals surface area contributed by atoms with E-state index in [9.17, 15) is 5.11 Å². The smallest absolute Gasteiger partial charge is 0.223 e. The second kappa shape index (κ2) is 5.08. The van der Waals surface area contributed by atoms with Gasteiger partial charge in [0.25, 0.3) is 0 Å². The summed E-state index contributed by atoms with van der Waals surface area (Å²) in [6.07, 6.45) is 5.31. The molecule has 0 fully saturated rings. The van der Waals surface area contributed by atoms with Gasteiger partial charge < -0.3 is 9.84 Å².